The molecule has 1 aliphatic heterocycles. The smallest absolute Gasteiger partial charge is 0.266 e. The number of benzene rings is 1. The molecule has 0 unspecified atom stereocenters. The van der Waals surface area contributed by atoms with Crippen LogP contribution in [0.4, 0.5) is 14.5 Å². The van der Waals surface area contributed by atoms with Gasteiger partial charge in [-0.2, -0.15) is 0 Å². The molecule has 8 nitrogen and oxygen atoms in total. The van der Waals surface area contributed by atoms with E-state index >= 15 is 0 Å². The number of carbonyl (C=O) groups is 1. The van der Waals surface area contributed by atoms with Crippen molar-refractivity contribution in [1.29, 1.82) is 0 Å². The second-order valence-corrected chi connectivity index (χ2v) is 10.3. The number of ether oxygens (including phenoxy) is 1. The Kier molecular flexibility index (Phi) is 6.25. The van der Waals surface area contributed by atoms with Gasteiger partial charge in [-0.25, -0.2) is 22.2 Å². The van der Waals surface area contributed by atoms with E-state index in [4.69, 9.17) is 4.74 Å². The van der Waals surface area contributed by atoms with Gasteiger partial charge < -0.3 is 14.2 Å². The molecule has 1 aliphatic rings. The normalized spacial score (nSPS) is 14.5. The Labute approximate surface area is 193 Å². The van der Waals surface area contributed by atoms with Gasteiger partial charge in [0.2, 0.25) is 0 Å². The SMILES string of the molecule is Cc1nc(-c2cc(S(=O)(=O)Nc3ccc(F)cc3F)c(C)n2C)sc1C(=O)N1CCOCC1. The van der Waals surface area contributed by atoms with Crippen LogP contribution in [-0.2, 0) is 21.8 Å². The summed E-state index contributed by atoms with van der Waals surface area (Å²) in [5, 5.41) is 0.490. The zero-order chi connectivity index (χ0) is 23.9. The van der Waals surface area contributed by atoms with Gasteiger partial charge >= 0.3 is 0 Å². The molecule has 0 atom stereocenters. The van der Waals surface area contributed by atoms with Crippen LogP contribution in [-0.4, -0.2) is 55.1 Å². The molecule has 1 N–H and O–H groups in total. The van der Waals surface area contributed by atoms with E-state index in [1.54, 1.807) is 30.4 Å². The molecule has 176 valence electrons. The minimum Gasteiger partial charge on any atom is -0.378 e. The highest BCUT2D eigenvalue weighted by Crippen LogP contribution is 2.33. The monoisotopic (exact) mass is 496 g/mol. The number of sulfonamides is 1. The second kappa shape index (κ2) is 8.84. The van der Waals surface area contributed by atoms with E-state index < -0.39 is 21.7 Å². The van der Waals surface area contributed by atoms with Crippen molar-refractivity contribution in [3.8, 4) is 10.7 Å². The summed E-state index contributed by atoms with van der Waals surface area (Å²) >= 11 is 1.19. The summed E-state index contributed by atoms with van der Waals surface area (Å²) < 4.78 is 62.2. The van der Waals surface area contributed by atoms with Crippen LogP contribution in [0.5, 0.6) is 0 Å². The summed E-state index contributed by atoms with van der Waals surface area (Å²) in [5.74, 6) is -1.96. The summed E-state index contributed by atoms with van der Waals surface area (Å²) in [6.07, 6.45) is 0. The Balaban J connectivity index is 1.67. The lowest BCUT2D eigenvalue weighted by molar-refractivity contribution is 0.0305. The van der Waals surface area contributed by atoms with Gasteiger partial charge in [0.25, 0.3) is 15.9 Å². The third kappa shape index (κ3) is 4.50. The number of aromatic nitrogens is 2. The fourth-order valence-electron chi connectivity index (χ4n) is 3.54. The van der Waals surface area contributed by atoms with Crippen LogP contribution in [0.15, 0.2) is 29.2 Å². The number of carbonyl (C=O) groups excluding carboxylic acids is 1. The lowest BCUT2D eigenvalue weighted by atomic mass is 10.3. The average Bonchev–Trinajstić information content (AvgIpc) is 3.30. The molecule has 1 amide bonds. The minimum atomic E-state index is -4.17. The quantitative estimate of drug-likeness (QED) is 0.585. The third-order valence-corrected chi connectivity index (χ3v) is 8.11. The number of thiazole rings is 1. The Bertz CT molecular complexity index is 1330. The number of halogens is 2. The number of nitrogens with zero attached hydrogens (tertiary/aromatic N) is 3. The number of amides is 1. The Morgan fingerprint density at radius 3 is 2.55 bits per heavy atom. The Hall–Kier alpha value is -2.83. The standard InChI is InChI=1S/C21H22F2N4O4S2/c1-12-19(21(28)27-6-8-31-9-7-27)32-20(24-12)17-11-18(13(2)26(17)3)33(29,30)25-16-5-4-14(22)10-15(16)23/h4-5,10-11,25H,6-9H2,1-3H3. The summed E-state index contributed by atoms with van der Waals surface area (Å²) in [6.45, 7) is 5.32. The molecule has 0 aliphatic carbocycles. The van der Waals surface area contributed by atoms with Crippen LogP contribution >= 0.6 is 11.3 Å². The number of hydrogen-bond acceptors (Lipinski definition) is 6. The minimum absolute atomic E-state index is 0.0716. The molecule has 33 heavy (non-hydrogen) atoms. The zero-order valence-corrected chi connectivity index (χ0v) is 19.8. The van der Waals surface area contributed by atoms with E-state index in [-0.39, 0.29) is 16.5 Å². The highest BCUT2D eigenvalue weighted by atomic mass is 32.2. The first-order valence-electron chi connectivity index (χ1n) is 10.1. The van der Waals surface area contributed by atoms with Crippen LogP contribution < -0.4 is 4.72 Å². The van der Waals surface area contributed by atoms with Gasteiger partial charge in [-0.05, 0) is 32.0 Å². The molecule has 1 aromatic carbocycles. The first-order chi connectivity index (χ1) is 15.6. The largest absolute Gasteiger partial charge is 0.378 e. The maximum atomic E-state index is 14.0. The topological polar surface area (TPSA) is 93.5 Å². The highest BCUT2D eigenvalue weighted by molar-refractivity contribution is 7.92. The van der Waals surface area contributed by atoms with Gasteiger partial charge in [0.05, 0.1) is 30.3 Å². The third-order valence-electron chi connectivity index (χ3n) is 5.46. The van der Waals surface area contributed by atoms with E-state index in [1.165, 1.54) is 17.4 Å². The van der Waals surface area contributed by atoms with Gasteiger partial charge in [-0.15, -0.1) is 11.3 Å². The number of aryl methyl sites for hydroxylation is 1. The van der Waals surface area contributed by atoms with Gasteiger partial charge in [-0.3, -0.25) is 9.52 Å². The number of hydrogen-bond donors (Lipinski definition) is 1. The van der Waals surface area contributed by atoms with Crippen molar-refractivity contribution in [3.63, 3.8) is 0 Å². The van der Waals surface area contributed by atoms with E-state index in [2.05, 4.69) is 9.71 Å². The summed E-state index contributed by atoms with van der Waals surface area (Å²) in [7, 11) is -2.49. The number of anilines is 1. The van der Waals surface area contributed by atoms with Crippen LogP contribution in [0.25, 0.3) is 10.7 Å². The Morgan fingerprint density at radius 1 is 1.18 bits per heavy atom. The lowest BCUT2D eigenvalue weighted by Crippen LogP contribution is -2.40. The molecule has 3 aromatic rings. The summed E-state index contributed by atoms with van der Waals surface area (Å²) in [5.41, 5.74) is 1.10. The maximum absolute atomic E-state index is 14.0. The van der Waals surface area contributed by atoms with Crippen molar-refractivity contribution >= 4 is 33.0 Å². The van der Waals surface area contributed by atoms with Gasteiger partial charge in [-0.1, -0.05) is 0 Å². The first-order valence-corrected chi connectivity index (χ1v) is 12.4. The van der Waals surface area contributed by atoms with E-state index in [0.717, 1.165) is 12.1 Å². The van der Waals surface area contributed by atoms with Crippen LogP contribution in [0.1, 0.15) is 21.1 Å². The zero-order valence-electron chi connectivity index (χ0n) is 18.2. The molecule has 12 heteroatoms. The van der Waals surface area contributed by atoms with Crippen molar-refractivity contribution < 1.29 is 26.7 Å². The molecule has 0 saturated carbocycles. The highest BCUT2D eigenvalue weighted by Gasteiger charge is 2.27. The maximum Gasteiger partial charge on any atom is 0.266 e. The van der Waals surface area contributed by atoms with Crippen molar-refractivity contribution in [3.05, 3.63) is 52.2 Å². The molecule has 2 aromatic heterocycles. The van der Waals surface area contributed by atoms with Crippen molar-refractivity contribution in [1.82, 2.24) is 14.5 Å². The molecule has 0 spiro atoms. The van der Waals surface area contributed by atoms with E-state index in [1.807, 2.05) is 0 Å². The summed E-state index contributed by atoms with van der Waals surface area (Å²) in [4.78, 5) is 19.5. The van der Waals surface area contributed by atoms with E-state index in [0.29, 0.717) is 59.3 Å². The molecular weight excluding hydrogens is 474 g/mol. The molecule has 1 fully saturated rings. The summed E-state index contributed by atoms with van der Waals surface area (Å²) in [6, 6.07) is 4.03. The van der Waals surface area contributed by atoms with Gasteiger partial charge in [0.1, 0.15) is 26.4 Å². The fourth-order valence-corrected chi connectivity index (χ4v) is 5.98. The van der Waals surface area contributed by atoms with Gasteiger partial charge in [0, 0.05) is 31.9 Å². The molecule has 3 heterocycles. The molecular formula is C21H22F2N4O4S2. The molecule has 1 saturated heterocycles. The fraction of sp³-hybridized carbons (Fsp3) is 0.333. The van der Waals surface area contributed by atoms with Crippen molar-refractivity contribution in [2.75, 3.05) is 31.0 Å². The average molecular weight is 497 g/mol. The predicted molar refractivity (Wildman–Crippen MR) is 120 cm³/mol. The van der Waals surface area contributed by atoms with E-state index in [9.17, 15) is 22.0 Å². The molecule has 0 radical (unpaired) electrons. The number of rotatable bonds is 5. The lowest BCUT2D eigenvalue weighted by Gasteiger charge is -2.26. The van der Waals surface area contributed by atoms with Crippen molar-refractivity contribution in [2.24, 2.45) is 7.05 Å². The second-order valence-electron chi connectivity index (χ2n) is 7.61. The molecule has 4 rings (SSSR count). The van der Waals surface area contributed by atoms with Crippen LogP contribution in [0.2, 0.25) is 0 Å². The van der Waals surface area contributed by atoms with Crippen LogP contribution in [0.3, 0.4) is 0 Å². The van der Waals surface area contributed by atoms with Crippen LogP contribution in [0, 0.1) is 25.5 Å². The van der Waals surface area contributed by atoms with Gasteiger partial charge in [0.15, 0.2) is 0 Å². The number of nitrogens with one attached hydrogen (secondary N) is 1. The predicted octanol–water partition coefficient (Wildman–Crippen LogP) is 3.32. The Morgan fingerprint density at radius 2 is 1.88 bits per heavy atom. The molecule has 0 bridgehead atoms. The number of morpholine rings is 1. The first kappa shape index (κ1) is 23.3. The van der Waals surface area contributed by atoms with Crippen molar-refractivity contribution in [2.45, 2.75) is 18.7 Å².